The van der Waals surface area contributed by atoms with Gasteiger partial charge < -0.3 is 20.4 Å². The van der Waals surface area contributed by atoms with Crippen molar-refractivity contribution in [2.75, 3.05) is 26.0 Å². The van der Waals surface area contributed by atoms with Crippen LogP contribution in [0.15, 0.2) is 41.1 Å². The Morgan fingerprint density at radius 2 is 2.10 bits per heavy atom. The zero-order valence-corrected chi connectivity index (χ0v) is 18.5. The number of nitrogens with zero attached hydrogens (tertiary/aromatic N) is 3. The van der Waals surface area contributed by atoms with Gasteiger partial charge in [0.05, 0.1) is 24.1 Å². The summed E-state index contributed by atoms with van der Waals surface area (Å²) in [5.41, 5.74) is 9.93. The smallest absolute Gasteiger partial charge is 0.224 e. The van der Waals surface area contributed by atoms with Gasteiger partial charge in [0.1, 0.15) is 11.3 Å². The maximum atomic E-state index is 12.1. The van der Waals surface area contributed by atoms with Crippen molar-refractivity contribution < 1.29 is 9.53 Å². The van der Waals surface area contributed by atoms with Crippen LogP contribution < -0.4 is 11.1 Å². The van der Waals surface area contributed by atoms with E-state index in [1.54, 1.807) is 18.4 Å². The maximum Gasteiger partial charge on any atom is 0.224 e. The molecule has 0 saturated heterocycles. The van der Waals surface area contributed by atoms with Gasteiger partial charge in [-0.2, -0.15) is 11.3 Å². The number of ether oxygens (including phenoxy) is 1. The second-order valence-corrected chi connectivity index (χ2v) is 8.28. The van der Waals surface area contributed by atoms with Crippen LogP contribution in [0, 0.1) is 0 Å². The summed E-state index contributed by atoms with van der Waals surface area (Å²) >= 11 is 1.61. The summed E-state index contributed by atoms with van der Waals surface area (Å²) in [7, 11) is 1.69. The number of amides is 1. The van der Waals surface area contributed by atoms with E-state index in [0.29, 0.717) is 31.8 Å². The summed E-state index contributed by atoms with van der Waals surface area (Å²) in [5.74, 6) is 1.46. The summed E-state index contributed by atoms with van der Waals surface area (Å²) in [6, 6.07) is 9.99. The van der Waals surface area contributed by atoms with Gasteiger partial charge in [-0.25, -0.2) is 9.97 Å². The molecule has 0 spiro atoms. The average molecular weight is 438 g/mol. The van der Waals surface area contributed by atoms with Crippen molar-refractivity contribution in [2.24, 2.45) is 0 Å². The lowest BCUT2D eigenvalue weighted by Gasteiger charge is -2.11. The molecule has 0 saturated carbocycles. The number of benzene rings is 1. The van der Waals surface area contributed by atoms with Crippen LogP contribution in [0.1, 0.15) is 24.2 Å². The highest BCUT2D eigenvalue weighted by Crippen LogP contribution is 2.29. The van der Waals surface area contributed by atoms with Crippen LogP contribution in [0.2, 0.25) is 0 Å². The van der Waals surface area contributed by atoms with Crippen LogP contribution in [0.5, 0.6) is 0 Å². The number of nitrogens with one attached hydrogen (secondary N) is 1. The highest BCUT2D eigenvalue weighted by molar-refractivity contribution is 7.08. The van der Waals surface area contributed by atoms with Crippen LogP contribution in [-0.2, 0) is 28.9 Å². The van der Waals surface area contributed by atoms with Gasteiger partial charge in [-0.05, 0) is 41.3 Å². The topological polar surface area (TPSA) is 95.1 Å². The monoisotopic (exact) mass is 437 g/mol. The number of carbonyl (C=O) groups is 1. The van der Waals surface area contributed by atoms with Crippen LogP contribution in [0.4, 0.5) is 5.82 Å². The first-order valence-corrected chi connectivity index (χ1v) is 11.4. The minimum absolute atomic E-state index is 0.0668. The van der Waals surface area contributed by atoms with Gasteiger partial charge in [0.25, 0.3) is 0 Å². The lowest BCUT2D eigenvalue weighted by atomic mass is 10.2. The summed E-state index contributed by atoms with van der Waals surface area (Å²) in [6.07, 6.45) is 2.95. The molecule has 0 aliphatic heterocycles. The van der Waals surface area contributed by atoms with Crippen molar-refractivity contribution in [3.63, 3.8) is 0 Å². The van der Waals surface area contributed by atoms with Gasteiger partial charge in [0, 0.05) is 32.0 Å². The molecule has 0 atom stereocenters. The number of pyridine rings is 1. The van der Waals surface area contributed by atoms with Crippen LogP contribution in [0.3, 0.4) is 0 Å². The van der Waals surface area contributed by atoms with Crippen LogP contribution in [-0.4, -0.2) is 40.7 Å². The first-order chi connectivity index (χ1) is 15.2. The number of hydrogen-bond donors (Lipinski definition) is 2. The summed E-state index contributed by atoms with van der Waals surface area (Å²) in [6.45, 7) is 2.05. The Morgan fingerprint density at radius 1 is 1.23 bits per heavy atom. The number of aryl methyl sites for hydroxylation is 1. The van der Waals surface area contributed by atoms with E-state index in [1.165, 1.54) is 0 Å². The van der Waals surface area contributed by atoms with Crippen molar-refractivity contribution in [2.45, 2.75) is 32.2 Å². The normalized spacial score (nSPS) is 11.4. The summed E-state index contributed by atoms with van der Waals surface area (Å²) < 4.78 is 7.52. The lowest BCUT2D eigenvalue weighted by molar-refractivity contribution is -0.120. The molecule has 3 aromatic heterocycles. The first kappa shape index (κ1) is 21.3. The van der Waals surface area contributed by atoms with E-state index >= 15 is 0 Å². The van der Waals surface area contributed by atoms with Gasteiger partial charge in [0.2, 0.25) is 5.91 Å². The Labute approximate surface area is 185 Å². The molecular weight excluding hydrogens is 410 g/mol. The predicted octanol–water partition coefficient (Wildman–Crippen LogP) is 3.56. The molecule has 3 heterocycles. The van der Waals surface area contributed by atoms with Crippen molar-refractivity contribution in [1.82, 2.24) is 19.9 Å². The number of methoxy groups -OCH3 is 1. The zero-order chi connectivity index (χ0) is 21.6. The molecule has 0 unspecified atom stereocenters. The molecule has 1 aromatic carbocycles. The van der Waals surface area contributed by atoms with E-state index in [4.69, 9.17) is 15.5 Å². The van der Waals surface area contributed by atoms with Crippen molar-refractivity contribution in [1.29, 1.82) is 0 Å². The number of para-hydroxylation sites is 1. The molecule has 3 N–H and O–H groups in total. The molecule has 0 radical (unpaired) electrons. The second kappa shape index (κ2) is 9.89. The highest BCUT2D eigenvalue weighted by atomic mass is 32.1. The van der Waals surface area contributed by atoms with Gasteiger partial charge in [0.15, 0.2) is 5.82 Å². The van der Waals surface area contributed by atoms with Crippen LogP contribution >= 0.6 is 11.3 Å². The number of imidazole rings is 1. The molecule has 1 amide bonds. The fourth-order valence-electron chi connectivity index (χ4n) is 3.79. The number of anilines is 1. The number of carbonyl (C=O) groups excluding carboxylic acids is 1. The van der Waals surface area contributed by atoms with E-state index in [9.17, 15) is 4.79 Å². The third-order valence-electron chi connectivity index (χ3n) is 5.29. The van der Waals surface area contributed by atoms with Crippen molar-refractivity contribution in [3.05, 3.63) is 52.5 Å². The lowest BCUT2D eigenvalue weighted by Crippen LogP contribution is -2.26. The third kappa shape index (κ3) is 4.86. The van der Waals surface area contributed by atoms with Crippen molar-refractivity contribution in [3.8, 4) is 0 Å². The zero-order valence-electron chi connectivity index (χ0n) is 17.6. The number of unbranched alkanes of at least 4 members (excludes halogenated alkanes) is 1. The van der Waals surface area contributed by atoms with E-state index in [2.05, 4.69) is 20.9 Å². The predicted molar refractivity (Wildman–Crippen MR) is 125 cm³/mol. The molecule has 0 bridgehead atoms. The molecule has 7 nitrogen and oxygen atoms in total. The third-order valence-corrected chi connectivity index (χ3v) is 6.03. The minimum atomic E-state index is 0.0668. The Balaban J connectivity index is 1.47. The standard InChI is InChI=1S/C23H27N5O2S/c1-30-12-8-19-27-21-22(17-6-2-3-7-18(17)26-23(21)24)28(19)11-5-4-10-25-20(29)14-16-9-13-31-15-16/h2-3,6-7,9,13,15H,4-5,8,10-12,14H2,1H3,(H2,24,26)(H,25,29). The van der Waals surface area contributed by atoms with E-state index < -0.39 is 0 Å². The Bertz CT molecular complexity index is 1170. The second-order valence-electron chi connectivity index (χ2n) is 7.50. The molecule has 0 aliphatic rings. The molecule has 0 aliphatic carbocycles. The summed E-state index contributed by atoms with van der Waals surface area (Å²) in [4.78, 5) is 21.4. The van der Waals surface area contributed by atoms with Crippen LogP contribution in [0.25, 0.3) is 21.9 Å². The number of hydrogen-bond acceptors (Lipinski definition) is 6. The fraction of sp³-hybridized carbons (Fsp3) is 0.348. The number of rotatable bonds is 10. The molecule has 4 rings (SSSR count). The van der Waals surface area contributed by atoms with E-state index in [-0.39, 0.29) is 5.91 Å². The summed E-state index contributed by atoms with van der Waals surface area (Å²) in [5, 5.41) is 8.07. The van der Waals surface area contributed by atoms with E-state index in [0.717, 1.165) is 52.7 Å². The molecule has 8 heteroatoms. The van der Waals surface area contributed by atoms with Gasteiger partial charge in [-0.3, -0.25) is 4.79 Å². The average Bonchev–Trinajstić information content (AvgIpc) is 3.40. The SMILES string of the molecule is COCCc1nc2c(N)nc3ccccc3c2n1CCCCNC(=O)Cc1ccsc1. The van der Waals surface area contributed by atoms with Gasteiger partial charge in [-0.1, -0.05) is 18.2 Å². The number of thiophene rings is 1. The number of aromatic nitrogens is 3. The van der Waals surface area contributed by atoms with Gasteiger partial charge >= 0.3 is 0 Å². The molecule has 31 heavy (non-hydrogen) atoms. The first-order valence-electron chi connectivity index (χ1n) is 10.5. The Morgan fingerprint density at radius 3 is 2.90 bits per heavy atom. The van der Waals surface area contributed by atoms with Crippen molar-refractivity contribution >= 4 is 45.0 Å². The molecule has 4 aromatic rings. The minimum Gasteiger partial charge on any atom is -0.384 e. The molecule has 0 fully saturated rings. The molecular formula is C23H27N5O2S. The highest BCUT2D eigenvalue weighted by Gasteiger charge is 2.17. The number of nitrogen functional groups attached to an aromatic ring is 1. The van der Waals surface area contributed by atoms with Gasteiger partial charge in [-0.15, -0.1) is 0 Å². The van der Waals surface area contributed by atoms with E-state index in [1.807, 2.05) is 35.0 Å². The fourth-order valence-corrected chi connectivity index (χ4v) is 4.46. The largest absolute Gasteiger partial charge is 0.384 e. The Kier molecular flexibility index (Phi) is 6.79. The maximum absolute atomic E-state index is 12.1. The molecule has 162 valence electrons. The Hall–Kier alpha value is -2.97. The quantitative estimate of drug-likeness (QED) is 0.370. The number of fused-ring (bicyclic) bond motifs is 3. The number of nitrogens with two attached hydrogens (primary N) is 1.